The van der Waals surface area contributed by atoms with Gasteiger partial charge in [-0.1, -0.05) is 0 Å². The standard InChI is InChI=1S/C17H21FN4O2S/c1-11-15(25-10-20-11)9-22-7-12(18)6-13(22)8-21(2)17(24)14-4-3-5-19-16(14)23/h3-5,10,12-13H,6-9H2,1-2H3,(H,19,23)/t12-,13-/m0/s1. The van der Waals surface area contributed by atoms with E-state index in [9.17, 15) is 14.0 Å². The fourth-order valence-electron chi connectivity index (χ4n) is 3.16. The van der Waals surface area contributed by atoms with Gasteiger partial charge in [0.25, 0.3) is 11.5 Å². The van der Waals surface area contributed by atoms with Crippen molar-refractivity contribution in [2.75, 3.05) is 20.1 Å². The topological polar surface area (TPSA) is 69.3 Å². The maximum absolute atomic E-state index is 14.0. The summed E-state index contributed by atoms with van der Waals surface area (Å²) in [5.41, 5.74) is 2.45. The molecule has 3 rings (SSSR count). The molecule has 0 saturated carbocycles. The molecule has 0 aliphatic carbocycles. The van der Waals surface area contributed by atoms with Gasteiger partial charge in [0.05, 0.1) is 11.2 Å². The van der Waals surface area contributed by atoms with Crippen molar-refractivity contribution in [3.63, 3.8) is 0 Å². The van der Waals surface area contributed by atoms with Crippen LogP contribution in [0.15, 0.2) is 28.6 Å². The number of aromatic nitrogens is 2. The Morgan fingerprint density at radius 2 is 2.36 bits per heavy atom. The molecule has 1 fully saturated rings. The van der Waals surface area contributed by atoms with E-state index in [0.29, 0.717) is 26.1 Å². The van der Waals surface area contributed by atoms with Crippen molar-refractivity contribution >= 4 is 17.2 Å². The number of halogens is 1. The lowest BCUT2D eigenvalue weighted by Crippen LogP contribution is -2.42. The number of thiazole rings is 1. The number of carbonyl (C=O) groups is 1. The average molecular weight is 364 g/mol. The molecule has 1 aliphatic rings. The third-order valence-electron chi connectivity index (χ3n) is 4.55. The van der Waals surface area contributed by atoms with E-state index in [2.05, 4.69) is 14.9 Å². The van der Waals surface area contributed by atoms with Gasteiger partial charge in [0.1, 0.15) is 11.7 Å². The third-order valence-corrected chi connectivity index (χ3v) is 5.47. The predicted molar refractivity (Wildman–Crippen MR) is 94.6 cm³/mol. The minimum Gasteiger partial charge on any atom is -0.340 e. The van der Waals surface area contributed by atoms with Crippen LogP contribution in [0.2, 0.25) is 0 Å². The molecule has 0 spiro atoms. The monoisotopic (exact) mass is 364 g/mol. The van der Waals surface area contributed by atoms with Crippen LogP contribution < -0.4 is 5.56 Å². The Morgan fingerprint density at radius 3 is 3.04 bits per heavy atom. The summed E-state index contributed by atoms with van der Waals surface area (Å²) in [4.78, 5) is 35.7. The largest absolute Gasteiger partial charge is 0.340 e. The fourth-order valence-corrected chi connectivity index (χ4v) is 3.96. The van der Waals surface area contributed by atoms with E-state index in [1.54, 1.807) is 30.0 Å². The highest BCUT2D eigenvalue weighted by Gasteiger charge is 2.34. The van der Waals surface area contributed by atoms with Gasteiger partial charge in [0.15, 0.2) is 0 Å². The summed E-state index contributed by atoms with van der Waals surface area (Å²) in [7, 11) is 1.65. The van der Waals surface area contributed by atoms with Crippen LogP contribution in [0.4, 0.5) is 4.39 Å². The van der Waals surface area contributed by atoms with E-state index in [0.717, 1.165) is 10.6 Å². The first-order chi connectivity index (χ1) is 12.0. The molecule has 2 atom stereocenters. The Balaban J connectivity index is 1.69. The molecule has 0 bridgehead atoms. The molecule has 0 unspecified atom stereocenters. The van der Waals surface area contributed by atoms with Crippen LogP contribution in [0.25, 0.3) is 0 Å². The van der Waals surface area contributed by atoms with Crippen molar-refractivity contribution in [2.24, 2.45) is 0 Å². The minimum atomic E-state index is -0.901. The lowest BCUT2D eigenvalue weighted by molar-refractivity contribution is 0.0748. The van der Waals surface area contributed by atoms with Crippen molar-refractivity contribution in [1.82, 2.24) is 19.8 Å². The van der Waals surface area contributed by atoms with Gasteiger partial charge in [-0.3, -0.25) is 14.5 Å². The molecule has 2 aromatic heterocycles. The lowest BCUT2D eigenvalue weighted by atomic mass is 10.1. The first-order valence-corrected chi connectivity index (χ1v) is 9.04. The summed E-state index contributed by atoms with van der Waals surface area (Å²) in [5, 5.41) is 0. The second kappa shape index (κ2) is 7.45. The molecule has 1 N–H and O–H groups in total. The van der Waals surface area contributed by atoms with Crippen LogP contribution in [0.1, 0.15) is 27.3 Å². The summed E-state index contributed by atoms with van der Waals surface area (Å²) in [6, 6.07) is 3.05. The second-order valence-corrected chi connectivity index (χ2v) is 7.32. The number of rotatable bonds is 5. The maximum atomic E-state index is 14.0. The molecule has 1 aliphatic heterocycles. The van der Waals surface area contributed by atoms with Crippen molar-refractivity contribution in [1.29, 1.82) is 0 Å². The molecule has 0 radical (unpaired) electrons. The predicted octanol–water partition coefficient (Wildman–Crippen LogP) is 1.82. The number of hydrogen-bond acceptors (Lipinski definition) is 5. The SMILES string of the molecule is Cc1ncsc1CN1C[C@@H](F)C[C@H]1CN(C)C(=O)c1ccc[nH]c1=O. The van der Waals surface area contributed by atoms with Crippen LogP contribution >= 0.6 is 11.3 Å². The molecule has 0 aromatic carbocycles. The Labute approximate surface area is 149 Å². The van der Waals surface area contributed by atoms with E-state index >= 15 is 0 Å². The van der Waals surface area contributed by atoms with Gasteiger partial charge < -0.3 is 9.88 Å². The van der Waals surface area contributed by atoms with E-state index in [-0.39, 0.29) is 17.5 Å². The van der Waals surface area contributed by atoms with Crippen molar-refractivity contribution in [3.05, 3.63) is 50.3 Å². The van der Waals surface area contributed by atoms with E-state index < -0.39 is 11.7 Å². The van der Waals surface area contributed by atoms with Gasteiger partial charge in [-0.25, -0.2) is 9.37 Å². The molecular formula is C17H21FN4O2S. The first-order valence-electron chi connectivity index (χ1n) is 8.16. The maximum Gasteiger partial charge on any atom is 0.260 e. The summed E-state index contributed by atoms with van der Waals surface area (Å²) in [6.07, 6.45) is 0.977. The number of alkyl halides is 1. The van der Waals surface area contributed by atoms with Crippen LogP contribution in [-0.2, 0) is 6.54 Å². The fraction of sp³-hybridized carbons (Fsp3) is 0.471. The number of carbonyl (C=O) groups excluding carboxylic acids is 1. The van der Waals surface area contributed by atoms with E-state index in [4.69, 9.17) is 0 Å². The molecule has 8 heteroatoms. The molecular weight excluding hydrogens is 343 g/mol. The highest BCUT2D eigenvalue weighted by Crippen LogP contribution is 2.25. The number of aromatic amines is 1. The van der Waals surface area contributed by atoms with Crippen molar-refractivity contribution in [3.8, 4) is 0 Å². The van der Waals surface area contributed by atoms with Crippen molar-refractivity contribution in [2.45, 2.75) is 32.1 Å². The van der Waals surface area contributed by atoms with Gasteiger partial charge in [0.2, 0.25) is 0 Å². The van der Waals surface area contributed by atoms with Gasteiger partial charge in [0, 0.05) is 43.8 Å². The quantitative estimate of drug-likeness (QED) is 0.879. The first kappa shape index (κ1) is 17.8. The smallest absolute Gasteiger partial charge is 0.260 e. The molecule has 6 nitrogen and oxygen atoms in total. The zero-order valence-corrected chi connectivity index (χ0v) is 15.1. The number of hydrogen-bond donors (Lipinski definition) is 1. The number of H-pyrrole nitrogens is 1. The van der Waals surface area contributed by atoms with Gasteiger partial charge in [-0.2, -0.15) is 0 Å². The summed E-state index contributed by atoms with van der Waals surface area (Å²) in [5.74, 6) is -0.349. The summed E-state index contributed by atoms with van der Waals surface area (Å²) >= 11 is 1.56. The molecule has 1 amide bonds. The van der Waals surface area contributed by atoms with Crippen LogP contribution in [0.3, 0.4) is 0 Å². The van der Waals surface area contributed by atoms with Crippen LogP contribution in [0.5, 0.6) is 0 Å². The molecule has 2 aromatic rings. The minimum absolute atomic E-state index is 0.0757. The molecule has 25 heavy (non-hydrogen) atoms. The number of nitrogens with zero attached hydrogens (tertiary/aromatic N) is 3. The number of aryl methyl sites for hydroxylation is 1. The summed E-state index contributed by atoms with van der Waals surface area (Å²) in [6.45, 7) is 3.32. The number of likely N-dealkylation sites (N-methyl/N-ethyl adjacent to an activating group) is 1. The highest BCUT2D eigenvalue weighted by molar-refractivity contribution is 7.09. The van der Waals surface area contributed by atoms with E-state index in [1.807, 2.05) is 6.92 Å². The Morgan fingerprint density at radius 1 is 1.56 bits per heavy atom. The Kier molecular flexibility index (Phi) is 5.29. The Bertz CT molecular complexity index is 806. The van der Waals surface area contributed by atoms with Crippen LogP contribution in [0, 0.1) is 6.92 Å². The number of pyridine rings is 1. The van der Waals surface area contributed by atoms with Crippen LogP contribution in [-0.4, -0.2) is 58.0 Å². The molecule has 134 valence electrons. The Hall–Kier alpha value is -2.06. The zero-order chi connectivity index (χ0) is 18.0. The number of likely N-dealkylation sites (tertiary alicyclic amines) is 1. The molecule has 3 heterocycles. The lowest BCUT2D eigenvalue weighted by Gasteiger charge is -2.28. The van der Waals surface area contributed by atoms with Gasteiger partial charge >= 0.3 is 0 Å². The van der Waals surface area contributed by atoms with Crippen molar-refractivity contribution < 1.29 is 9.18 Å². The highest BCUT2D eigenvalue weighted by atomic mass is 32.1. The zero-order valence-electron chi connectivity index (χ0n) is 14.2. The van der Waals surface area contributed by atoms with E-state index in [1.165, 1.54) is 17.2 Å². The third kappa shape index (κ3) is 3.96. The molecule has 1 saturated heterocycles. The summed E-state index contributed by atoms with van der Waals surface area (Å²) < 4.78 is 14.0. The van der Waals surface area contributed by atoms with Gasteiger partial charge in [-0.05, 0) is 25.5 Å². The normalized spacial score (nSPS) is 20.8. The average Bonchev–Trinajstić information content (AvgIpc) is 3.13. The number of amides is 1. The second-order valence-electron chi connectivity index (χ2n) is 6.38. The number of nitrogens with one attached hydrogen (secondary N) is 1. The van der Waals surface area contributed by atoms with Gasteiger partial charge in [-0.15, -0.1) is 11.3 Å².